The summed E-state index contributed by atoms with van der Waals surface area (Å²) in [5.74, 6) is -2.03. The second-order valence-electron chi connectivity index (χ2n) is 7.59. The Morgan fingerprint density at radius 1 is 1.15 bits per heavy atom. The number of fused-ring (bicyclic) bond motifs is 3. The maximum Gasteiger partial charge on any atom is 0.280 e. The Balaban J connectivity index is 1.74. The molecule has 1 aliphatic heterocycles. The third-order valence-corrected chi connectivity index (χ3v) is 5.66. The fraction of sp³-hybridized carbons (Fsp3) is 0.217. The monoisotopic (exact) mass is 492 g/mol. The van der Waals surface area contributed by atoms with Gasteiger partial charge in [0.15, 0.2) is 0 Å². The van der Waals surface area contributed by atoms with Crippen LogP contribution in [0.25, 0.3) is 11.1 Å². The van der Waals surface area contributed by atoms with E-state index in [9.17, 15) is 27.2 Å². The van der Waals surface area contributed by atoms with Gasteiger partial charge in [-0.25, -0.2) is 22.5 Å². The number of aromatic nitrogens is 2. The van der Waals surface area contributed by atoms with E-state index in [1.807, 2.05) is 0 Å². The minimum Gasteiger partial charge on any atom is -0.325 e. The Bertz CT molecular complexity index is 1250. The quantitative estimate of drug-likeness (QED) is 0.363. The first-order chi connectivity index (χ1) is 16.2. The molecular formula is C23H17ClF4N4O2. The molecule has 3 heterocycles. The molecular weight excluding hydrogens is 476 g/mol. The van der Waals surface area contributed by atoms with Crippen molar-refractivity contribution < 1.29 is 27.2 Å². The molecule has 176 valence electrons. The van der Waals surface area contributed by atoms with E-state index in [1.165, 1.54) is 18.3 Å². The zero-order valence-electron chi connectivity index (χ0n) is 17.6. The lowest BCUT2D eigenvalue weighted by atomic mass is 9.98. The lowest BCUT2D eigenvalue weighted by Gasteiger charge is -2.25. The smallest absolute Gasteiger partial charge is 0.280 e. The van der Waals surface area contributed by atoms with Crippen molar-refractivity contribution in [2.45, 2.75) is 25.7 Å². The van der Waals surface area contributed by atoms with Crippen LogP contribution in [-0.4, -0.2) is 28.3 Å². The van der Waals surface area contributed by atoms with Gasteiger partial charge in [0, 0.05) is 28.6 Å². The van der Waals surface area contributed by atoms with Crippen molar-refractivity contribution in [3.05, 3.63) is 70.8 Å². The van der Waals surface area contributed by atoms with E-state index in [4.69, 9.17) is 11.6 Å². The van der Waals surface area contributed by atoms with Crippen LogP contribution in [-0.2, 0) is 9.59 Å². The normalized spacial score (nSPS) is 15.2. The van der Waals surface area contributed by atoms with Gasteiger partial charge in [0.05, 0.1) is 17.3 Å². The van der Waals surface area contributed by atoms with Gasteiger partial charge in [-0.15, -0.1) is 0 Å². The highest BCUT2D eigenvalue weighted by molar-refractivity contribution is 6.33. The maximum absolute atomic E-state index is 13.5. The average Bonchev–Trinajstić information content (AvgIpc) is 2.89. The molecule has 1 N–H and O–H groups in total. The summed E-state index contributed by atoms with van der Waals surface area (Å²) in [4.78, 5) is 35.2. The van der Waals surface area contributed by atoms with Crippen molar-refractivity contribution in [2.75, 3.05) is 16.8 Å². The Kier molecular flexibility index (Phi) is 6.52. The van der Waals surface area contributed by atoms with Gasteiger partial charge in [-0.3, -0.25) is 14.6 Å². The third-order valence-electron chi connectivity index (χ3n) is 5.39. The van der Waals surface area contributed by atoms with Gasteiger partial charge in [-0.1, -0.05) is 29.8 Å². The highest BCUT2D eigenvalue weighted by Crippen LogP contribution is 2.44. The molecule has 34 heavy (non-hydrogen) atoms. The van der Waals surface area contributed by atoms with Gasteiger partial charge < -0.3 is 10.2 Å². The number of nitrogens with zero attached hydrogens (tertiary/aromatic N) is 3. The molecule has 1 aliphatic rings. The van der Waals surface area contributed by atoms with Crippen LogP contribution in [0.5, 0.6) is 0 Å². The molecule has 4 rings (SSSR count). The van der Waals surface area contributed by atoms with Crippen LogP contribution in [0.1, 0.15) is 42.6 Å². The number of halogens is 5. The minimum absolute atomic E-state index is 0.00194. The Labute approximate surface area is 196 Å². The molecule has 6 nitrogen and oxygen atoms in total. The van der Waals surface area contributed by atoms with Gasteiger partial charge >= 0.3 is 0 Å². The summed E-state index contributed by atoms with van der Waals surface area (Å²) < 4.78 is 52.5. The van der Waals surface area contributed by atoms with E-state index >= 15 is 0 Å². The van der Waals surface area contributed by atoms with Crippen LogP contribution in [0.4, 0.5) is 28.9 Å². The molecule has 0 aliphatic carbocycles. The second-order valence-corrected chi connectivity index (χ2v) is 7.94. The topological polar surface area (TPSA) is 75.2 Å². The number of hydrogen-bond acceptors (Lipinski definition) is 4. The zero-order valence-corrected chi connectivity index (χ0v) is 18.4. The molecule has 0 saturated heterocycles. The molecule has 1 unspecified atom stereocenters. The van der Waals surface area contributed by atoms with Crippen molar-refractivity contribution in [1.29, 1.82) is 0 Å². The van der Waals surface area contributed by atoms with E-state index in [0.29, 0.717) is 11.3 Å². The van der Waals surface area contributed by atoms with Crippen molar-refractivity contribution in [2.24, 2.45) is 0 Å². The largest absolute Gasteiger partial charge is 0.325 e. The molecule has 1 aromatic carbocycles. The van der Waals surface area contributed by atoms with Crippen LogP contribution in [0, 0.1) is 0 Å². The number of benzene rings is 1. The highest BCUT2D eigenvalue weighted by atomic mass is 35.5. The number of nitrogens with one attached hydrogen (secondary N) is 1. The summed E-state index contributed by atoms with van der Waals surface area (Å²) >= 11 is 6.29. The van der Waals surface area contributed by atoms with Gasteiger partial charge in [-0.2, -0.15) is 0 Å². The summed E-state index contributed by atoms with van der Waals surface area (Å²) in [6.45, 7) is 1.05. The van der Waals surface area contributed by atoms with Crippen molar-refractivity contribution in [1.82, 2.24) is 9.97 Å². The molecule has 0 saturated carbocycles. The van der Waals surface area contributed by atoms with Crippen molar-refractivity contribution in [3.63, 3.8) is 0 Å². The molecule has 2 aromatic heterocycles. The van der Waals surface area contributed by atoms with Gasteiger partial charge in [0.1, 0.15) is 17.4 Å². The fourth-order valence-electron chi connectivity index (χ4n) is 3.76. The van der Waals surface area contributed by atoms with E-state index < -0.39 is 42.8 Å². The molecule has 0 bridgehead atoms. The first-order valence-corrected chi connectivity index (χ1v) is 10.5. The Hall–Kier alpha value is -3.53. The van der Waals surface area contributed by atoms with E-state index in [0.717, 1.165) is 23.1 Å². The molecule has 11 heteroatoms. The molecule has 0 radical (unpaired) electrons. The van der Waals surface area contributed by atoms with Crippen molar-refractivity contribution in [3.8, 4) is 11.1 Å². The first-order valence-electron chi connectivity index (χ1n) is 10.1. The standard InChI is InChI=1S/C23H17ClF4N4O2/c1-11-19-14(3-2-8-29-19)18-16(9-15(22(27)28)31-20(18)24)32(23(11)34)10-17(33)30-13-6-4-12(5-7-13)21(25)26/h2-9,11,21-22H,10H2,1H3,(H,30,33). The van der Waals surface area contributed by atoms with Crippen LogP contribution in [0.3, 0.4) is 0 Å². The molecule has 1 atom stereocenters. The fourth-order valence-corrected chi connectivity index (χ4v) is 4.05. The Morgan fingerprint density at radius 2 is 1.85 bits per heavy atom. The first kappa shape index (κ1) is 23.6. The van der Waals surface area contributed by atoms with Gasteiger partial charge in [0.25, 0.3) is 12.9 Å². The number of anilines is 2. The number of hydrogen-bond donors (Lipinski definition) is 1. The summed E-state index contributed by atoms with van der Waals surface area (Å²) in [6, 6.07) is 9.22. The maximum atomic E-state index is 13.5. The SMILES string of the molecule is CC1C(=O)N(CC(=O)Nc2ccc(C(F)F)cc2)c2cc(C(F)F)nc(Cl)c2-c2cccnc21. The number of amides is 2. The molecule has 3 aromatic rings. The zero-order chi connectivity index (χ0) is 24.6. The number of carbonyl (C=O) groups is 2. The van der Waals surface area contributed by atoms with Gasteiger partial charge in [0.2, 0.25) is 11.8 Å². The highest BCUT2D eigenvalue weighted by Gasteiger charge is 2.35. The average molecular weight is 493 g/mol. The van der Waals surface area contributed by atoms with Crippen LogP contribution < -0.4 is 10.2 Å². The second kappa shape index (κ2) is 9.38. The van der Waals surface area contributed by atoms with Crippen LogP contribution in [0.15, 0.2) is 48.7 Å². The summed E-state index contributed by atoms with van der Waals surface area (Å²) in [6.07, 6.45) is -4.13. The number of pyridine rings is 2. The van der Waals surface area contributed by atoms with E-state index in [-0.39, 0.29) is 27.7 Å². The lowest BCUT2D eigenvalue weighted by molar-refractivity contribution is -0.122. The van der Waals surface area contributed by atoms with Crippen molar-refractivity contribution >= 4 is 34.8 Å². The minimum atomic E-state index is -2.96. The predicted molar refractivity (Wildman–Crippen MR) is 118 cm³/mol. The summed E-state index contributed by atoms with van der Waals surface area (Å²) in [5, 5.41) is 2.27. The van der Waals surface area contributed by atoms with E-state index in [1.54, 1.807) is 19.1 Å². The van der Waals surface area contributed by atoms with Crippen LogP contribution in [0.2, 0.25) is 5.15 Å². The molecule has 0 fully saturated rings. The van der Waals surface area contributed by atoms with Crippen LogP contribution >= 0.6 is 11.6 Å². The summed E-state index contributed by atoms with van der Waals surface area (Å²) in [7, 11) is 0. The predicted octanol–water partition coefficient (Wildman–Crippen LogP) is 5.76. The van der Waals surface area contributed by atoms with E-state index in [2.05, 4.69) is 15.3 Å². The van der Waals surface area contributed by atoms with Gasteiger partial charge in [-0.05, 0) is 31.2 Å². The third kappa shape index (κ3) is 4.45. The Morgan fingerprint density at radius 3 is 2.50 bits per heavy atom. The summed E-state index contributed by atoms with van der Waals surface area (Å²) in [5.41, 5.74) is 0.397. The number of carbonyl (C=O) groups excluding carboxylic acids is 2. The lowest BCUT2D eigenvalue weighted by Crippen LogP contribution is -2.40. The molecule has 0 spiro atoms. The molecule has 2 amide bonds. The number of alkyl halides is 4. The number of rotatable bonds is 5.